The third-order valence-corrected chi connectivity index (χ3v) is 4.55. The van der Waals surface area contributed by atoms with Crippen molar-refractivity contribution in [3.05, 3.63) is 71.8 Å². The maximum absolute atomic E-state index is 12.5. The third kappa shape index (κ3) is 6.29. The number of hydrogen-bond acceptors (Lipinski definition) is 3. The van der Waals surface area contributed by atoms with Gasteiger partial charge in [0.15, 0.2) is 0 Å². The monoisotopic (exact) mass is 395 g/mol. The van der Waals surface area contributed by atoms with E-state index in [1.54, 1.807) is 0 Å². The molecule has 1 aliphatic rings. The van der Waals surface area contributed by atoms with Crippen molar-refractivity contribution >= 4 is 30.7 Å². The molecule has 1 aliphatic heterocycles. The zero-order chi connectivity index (χ0) is 16.8. The lowest BCUT2D eigenvalue weighted by molar-refractivity contribution is -0.134. The van der Waals surface area contributed by atoms with Crippen molar-refractivity contribution in [2.75, 3.05) is 26.2 Å². The summed E-state index contributed by atoms with van der Waals surface area (Å²) in [6.45, 7) is 4.26. The Balaban J connectivity index is 0.00000169. The Hall–Kier alpha value is -1.59. The standard InChI is InChI=1S/C20H25N3O.2ClH/c21-19(15-17-7-3-1-4-8-17)20(24)23-13-11-22(12-14-23)16-18-9-5-2-6-10-18;;/h1-10,19H,11-16,21H2;2*1H/t19-;;/m0../s1. The highest BCUT2D eigenvalue weighted by molar-refractivity contribution is 5.85. The van der Waals surface area contributed by atoms with Crippen molar-refractivity contribution in [3.63, 3.8) is 0 Å². The van der Waals surface area contributed by atoms with Gasteiger partial charge in [-0.1, -0.05) is 60.7 Å². The third-order valence-electron chi connectivity index (χ3n) is 4.55. The summed E-state index contributed by atoms with van der Waals surface area (Å²) >= 11 is 0. The van der Waals surface area contributed by atoms with Gasteiger partial charge in [-0.25, -0.2) is 0 Å². The fourth-order valence-corrected chi connectivity index (χ4v) is 3.16. The second-order valence-electron chi connectivity index (χ2n) is 6.38. The van der Waals surface area contributed by atoms with Gasteiger partial charge in [-0.15, -0.1) is 24.8 Å². The van der Waals surface area contributed by atoms with E-state index >= 15 is 0 Å². The Labute approximate surface area is 168 Å². The molecular formula is C20H27Cl2N3O. The second kappa shape index (κ2) is 11.2. The number of rotatable bonds is 5. The summed E-state index contributed by atoms with van der Waals surface area (Å²) in [7, 11) is 0. The van der Waals surface area contributed by atoms with Gasteiger partial charge >= 0.3 is 0 Å². The molecule has 1 amide bonds. The normalized spacial score (nSPS) is 15.5. The first-order valence-corrected chi connectivity index (χ1v) is 8.57. The minimum atomic E-state index is -0.451. The molecule has 6 heteroatoms. The van der Waals surface area contributed by atoms with Crippen molar-refractivity contribution in [1.29, 1.82) is 0 Å². The van der Waals surface area contributed by atoms with Gasteiger partial charge in [0, 0.05) is 32.7 Å². The Morgan fingerprint density at radius 3 is 1.88 bits per heavy atom. The quantitative estimate of drug-likeness (QED) is 0.846. The summed E-state index contributed by atoms with van der Waals surface area (Å²) in [6.07, 6.45) is 0.601. The summed E-state index contributed by atoms with van der Waals surface area (Å²) < 4.78 is 0. The van der Waals surface area contributed by atoms with Crippen molar-refractivity contribution in [2.24, 2.45) is 5.73 Å². The summed E-state index contributed by atoms with van der Waals surface area (Å²) in [5.74, 6) is 0.0678. The number of amides is 1. The Morgan fingerprint density at radius 1 is 0.846 bits per heavy atom. The molecule has 142 valence electrons. The molecule has 4 nitrogen and oxygen atoms in total. The van der Waals surface area contributed by atoms with Gasteiger partial charge in [0.25, 0.3) is 0 Å². The van der Waals surface area contributed by atoms with E-state index in [1.165, 1.54) is 5.56 Å². The molecule has 0 saturated carbocycles. The van der Waals surface area contributed by atoms with Crippen LogP contribution >= 0.6 is 24.8 Å². The van der Waals surface area contributed by atoms with Crippen molar-refractivity contribution in [1.82, 2.24) is 9.80 Å². The van der Waals surface area contributed by atoms with E-state index in [-0.39, 0.29) is 30.7 Å². The van der Waals surface area contributed by atoms with Crippen LogP contribution in [0.25, 0.3) is 0 Å². The zero-order valence-electron chi connectivity index (χ0n) is 14.8. The van der Waals surface area contributed by atoms with Crippen molar-refractivity contribution < 1.29 is 4.79 Å². The molecule has 3 rings (SSSR count). The molecule has 0 bridgehead atoms. The molecule has 0 aliphatic carbocycles. The van der Waals surface area contributed by atoms with E-state index < -0.39 is 6.04 Å². The minimum absolute atomic E-state index is 0. The van der Waals surface area contributed by atoms with Crippen molar-refractivity contribution in [2.45, 2.75) is 19.0 Å². The molecule has 2 N–H and O–H groups in total. The van der Waals surface area contributed by atoms with Crippen LogP contribution in [0.1, 0.15) is 11.1 Å². The second-order valence-corrected chi connectivity index (χ2v) is 6.38. The van der Waals surface area contributed by atoms with E-state index in [0.29, 0.717) is 6.42 Å². The number of piperazine rings is 1. The van der Waals surface area contributed by atoms with Crippen LogP contribution in [0, 0.1) is 0 Å². The van der Waals surface area contributed by atoms with E-state index in [2.05, 4.69) is 29.2 Å². The molecule has 0 spiro atoms. The fraction of sp³-hybridized carbons (Fsp3) is 0.350. The number of hydrogen-bond donors (Lipinski definition) is 1. The highest BCUT2D eigenvalue weighted by Crippen LogP contribution is 2.10. The van der Waals surface area contributed by atoms with Crippen LogP contribution < -0.4 is 5.73 Å². The number of nitrogens with zero attached hydrogens (tertiary/aromatic N) is 2. The highest BCUT2D eigenvalue weighted by atomic mass is 35.5. The molecule has 26 heavy (non-hydrogen) atoms. The van der Waals surface area contributed by atoms with E-state index in [1.807, 2.05) is 41.3 Å². The first kappa shape index (κ1) is 22.5. The maximum Gasteiger partial charge on any atom is 0.239 e. The smallest absolute Gasteiger partial charge is 0.239 e. The van der Waals surface area contributed by atoms with Crippen LogP contribution in [0.4, 0.5) is 0 Å². The molecular weight excluding hydrogens is 369 g/mol. The number of carbonyl (C=O) groups is 1. The molecule has 1 fully saturated rings. The largest absolute Gasteiger partial charge is 0.339 e. The molecule has 2 aromatic carbocycles. The van der Waals surface area contributed by atoms with Crippen LogP contribution in [0.15, 0.2) is 60.7 Å². The first-order chi connectivity index (χ1) is 11.7. The van der Waals surface area contributed by atoms with Gasteiger partial charge in [-0.3, -0.25) is 9.69 Å². The van der Waals surface area contributed by atoms with Gasteiger partial charge in [0.2, 0.25) is 5.91 Å². The average Bonchev–Trinajstić information content (AvgIpc) is 2.63. The number of halogens is 2. The van der Waals surface area contributed by atoms with Crippen LogP contribution in [-0.4, -0.2) is 47.9 Å². The summed E-state index contributed by atoms with van der Waals surface area (Å²) in [6, 6.07) is 20.0. The average molecular weight is 396 g/mol. The van der Waals surface area contributed by atoms with Gasteiger partial charge in [-0.2, -0.15) is 0 Å². The lowest BCUT2D eigenvalue weighted by atomic mass is 10.1. The summed E-state index contributed by atoms with van der Waals surface area (Å²) in [5, 5.41) is 0. The first-order valence-electron chi connectivity index (χ1n) is 8.57. The SMILES string of the molecule is Cl.Cl.N[C@@H](Cc1ccccc1)C(=O)N1CCN(Cc2ccccc2)CC1. The predicted octanol–water partition coefficient (Wildman–Crippen LogP) is 2.74. The number of nitrogens with two attached hydrogens (primary N) is 1. The minimum Gasteiger partial charge on any atom is -0.339 e. The molecule has 1 atom stereocenters. The van der Waals surface area contributed by atoms with Crippen LogP contribution in [0.3, 0.4) is 0 Å². The van der Waals surface area contributed by atoms with Gasteiger partial charge in [-0.05, 0) is 17.5 Å². The summed E-state index contributed by atoms with van der Waals surface area (Å²) in [5.41, 5.74) is 8.56. The zero-order valence-corrected chi connectivity index (χ0v) is 16.4. The highest BCUT2D eigenvalue weighted by Gasteiger charge is 2.25. The Kier molecular flexibility index (Phi) is 9.66. The lowest BCUT2D eigenvalue weighted by Gasteiger charge is -2.36. The molecule has 0 radical (unpaired) electrons. The van der Waals surface area contributed by atoms with Crippen LogP contribution in [0.2, 0.25) is 0 Å². The summed E-state index contributed by atoms with van der Waals surface area (Å²) in [4.78, 5) is 16.9. The van der Waals surface area contributed by atoms with E-state index in [4.69, 9.17) is 5.73 Å². The van der Waals surface area contributed by atoms with Crippen LogP contribution in [-0.2, 0) is 17.8 Å². The van der Waals surface area contributed by atoms with E-state index in [9.17, 15) is 4.79 Å². The van der Waals surface area contributed by atoms with Crippen LogP contribution in [0.5, 0.6) is 0 Å². The number of carbonyl (C=O) groups excluding carboxylic acids is 1. The van der Waals surface area contributed by atoms with Crippen molar-refractivity contribution in [3.8, 4) is 0 Å². The van der Waals surface area contributed by atoms with Gasteiger partial charge in [0.05, 0.1) is 6.04 Å². The predicted molar refractivity (Wildman–Crippen MR) is 111 cm³/mol. The maximum atomic E-state index is 12.5. The topological polar surface area (TPSA) is 49.6 Å². The molecule has 0 aromatic heterocycles. The Bertz CT molecular complexity index is 647. The van der Waals surface area contributed by atoms with E-state index in [0.717, 1.165) is 38.3 Å². The Morgan fingerprint density at radius 2 is 1.35 bits per heavy atom. The molecule has 2 aromatic rings. The molecule has 1 saturated heterocycles. The fourth-order valence-electron chi connectivity index (χ4n) is 3.16. The number of benzene rings is 2. The van der Waals surface area contributed by atoms with Gasteiger partial charge in [0.1, 0.15) is 0 Å². The molecule has 1 heterocycles. The lowest BCUT2D eigenvalue weighted by Crippen LogP contribution is -2.53. The molecule has 0 unspecified atom stereocenters. The van der Waals surface area contributed by atoms with Gasteiger partial charge < -0.3 is 10.6 Å².